The number of aromatic nitrogens is 1. The lowest BCUT2D eigenvalue weighted by molar-refractivity contribution is 0.229. The molecule has 1 aliphatic heterocycles. The van der Waals surface area contributed by atoms with E-state index in [9.17, 15) is 8.78 Å². The van der Waals surface area contributed by atoms with E-state index < -0.39 is 6.17 Å². The minimum Gasteiger partial charge on any atom is -0.497 e. The molecule has 130 valence electrons. The van der Waals surface area contributed by atoms with Gasteiger partial charge in [0.1, 0.15) is 17.7 Å². The first-order chi connectivity index (χ1) is 12.2. The van der Waals surface area contributed by atoms with Crippen LogP contribution in [0, 0.1) is 5.82 Å². The fourth-order valence-electron chi connectivity index (χ4n) is 3.69. The molecule has 2 N–H and O–H groups in total. The Labute approximate surface area is 145 Å². The number of rotatable bonds is 3. The summed E-state index contributed by atoms with van der Waals surface area (Å²) in [5, 5.41) is 4.15. The number of nitrogens with one attached hydrogen (secondary N) is 2. The van der Waals surface area contributed by atoms with Crippen molar-refractivity contribution in [1.82, 2.24) is 10.3 Å². The lowest BCUT2D eigenvalue weighted by atomic mass is 9.86. The van der Waals surface area contributed by atoms with Gasteiger partial charge in [-0.3, -0.25) is 0 Å². The van der Waals surface area contributed by atoms with Crippen molar-refractivity contribution in [2.24, 2.45) is 0 Å². The summed E-state index contributed by atoms with van der Waals surface area (Å²) < 4.78 is 33.7. The quantitative estimate of drug-likeness (QED) is 0.740. The number of aromatic amines is 1. The van der Waals surface area contributed by atoms with Gasteiger partial charge in [0.25, 0.3) is 0 Å². The summed E-state index contributed by atoms with van der Waals surface area (Å²) in [6, 6.07) is 12.3. The average Bonchev–Trinajstić information content (AvgIpc) is 3.00. The molecule has 2 heterocycles. The summed E-state index contributed by atoms with van der Waals surface area (Å²) in [6.45, 7) is 1.26. The number of alkyl halides is 1. The van der Waals surface area contributed by atoms with Crippen LogP contribution < -0.4 is 10.1 Å². The molecule has 1 aliphatic rings. The van der Waals surface area contributed by atoms with Crippen LogP contribution in [-0.2, 0) is 0 Å². The Morgan fingerprint density at radius 2 is 2.04 bits per heavy atom. The van der Waals surface area contributed by atoms with Crippen LogP contribution in [0.15, 0.2) is 42.5 Å². The Morgan fingerprint density at radius 1 is 1.16 bits per heavy atom. The SMILES string of the molecule is COc1cccc(-c2[nH]c3cc(F)ccc3c2[C@@H]2CNCC[C@H]2F)c1. The molecule has 0 bridgehead atoms. The predicted octanol–water partition coefficient (Wildman–Crippen LogP) is 4.40. The zero-order valence-electron chi connectivity index (χ0n) is 14.0. The molecule has 0 spiro atoms. The number of benzene rings is 2. The summed E-state index contributed by atoms with van der Waals surface area (Å²) >= 11 is 0. The van der Waals surface area contributed by atoms with E-state index in [2.05, 4.69) is 10.3 Å². The Balaban J connectivity index is 1.94. The molecule has 1 aromatic heterocycles. The number of fused-ring (bicyclic) bond motifs is 1. The first-order valence-electron chi connectivity index (χ1n) is 8.47. The minimum absolute atomic E-state index is 0.269. The van der Waals surface area contributed by atoms with Gasteiger partial charge in [-0.15, -0.1) is 0 Å². The molecule has 3 aromatic rings. The van der Waals surface area contributed by atoms with Crippen LogP contribution in [0.3, 0.4) is 0 Å². The number of methoxy groups -OCH3 is 1. The topological polar surface area (TPSA) is 37.0 Å². The molecule has 4 rings (SSSR count). The highest BCUT2D eigenvalue weighted by Gasteiger charge is 2.31. The number of ether oxygens (including phenoxy) is 1. The number of halogens is 2. The maximum atomic E-state index is 14.7. The number of piperidine rings is 1. The van der Waals surface area contributed by atoms with E-state index in [1.165, 1.54) is 12.1 Å². The van der Waals surface area contributed by atoms with E-state index in [-0.39, 0.29) is 11.7 Å². The zero-order valence-corrected chi connectivity index (χ0v) is 14.0. The Morgan fingerprint density at radius 3 is 2.84 bits per heavy atom. The summed E-state index contributed by atoms with van der Waals surface area (Å²) in [7, 11) is 1.61. The second-order valence-corrected chi connectivity index (χ2v) is 6.45. The Hall–Kier alpha value is -2.40. The van der Waals surface area contributed by atoms with E-state index >= 15 is 0 Å². The molecule has 3 nitrogen and oxygen atoms in total. The van der Waals surface area contributed by atoms with Gasteiger partial charge in [0.15, 0.2) is 0 Å². The van der Waals surface area contributed by atoms with E-state index in [4.69, 9.17) is 4.74 Å². The molecule has 0 radical (unpaired) electrons. The summed E-state index contributed by atoms with van der Waals surface area (Å²) in [5.74, 6) is 0.150. The number of hydrogen-bond acceptors (Lipinski definition) is 2. The second-order valence-electron chi connectivity index (χ2n) is 6.45. The van der Waals surface area contributed by atoms with Gasteiger partial charge >= 0.3 is 0 Å². The van der Waals surface area contributed by atoms with Gasteiger partial charge in [0, 0.05) is 28.9 Å². The van der Waals surface area contributed by atoms with Crippen molar-refractivity contribution < 1.29 is 13.5 Å². The molecule has 1 fully saturated rings. The fourth-order valence-corrected chi connectivity index (χ4v) is 3.69. The van der Waals surface area contributed by atoms with Crippen LogP contribution in [0.1, 0.15) is 17.9 Å². The Kier molecular flexibility index (Phi) is 4.17. The number of H-pyrrole nitrogens is 1. The van der Waals surface area contributed by atoms with Crippen LogP contribution in [0.4, 0.5) is 8.78 Å². The molecule has 0 aliphatic carbocycles. The number of hydrogen-bond donors (Lipinski definition) is 2. The van der Waals surface area contributed by atoms with Gasteiger partial charge < -0.3 is 15.0 Å². The van der Waals surface area contributed by atoms with Crippen molar-refractivity contribution in [2.45, 2.75) is 18.5 Å². The lowest BCUT2D eigenvalue weighted by Crippen LogP contribution is -2.36. The van der Waals surface area contributed by atoms with Crippen LogP contribution >= 0.6 is 0 Å². The molecule has 25 heavy (non-hydrogen) atoms. The van der Waals surface area contributed by atoms with Gasteiger partial charge in [-0.1, -0.05) is 12.1 Å². The first kappa shape index (κ1) is 16.1. The minimum atomic E-state index is -0.922. The summed E-state index contributed by atoms with van der Waals surface area (Å²) in [4.78, 5) is 3.30. The molecule has 2 atom stereocenters. The molecule has 5 heteroatoms. The summed E-state index contributed by atoms with van der Waals surface area (Å²) in [6.07, 6.45) is -0.439. The Bertz CT molecular complexity index is 906. The maximum absolute atomic E-state index is 14.7. The monoisotopic (exact) mass is 342 g/mol. The third-order valence-corrected chi connectivity index (χ3v) is 4.93. The van der Waals surface area contributed by atoms with Crippen molar-refractivity contribution in [3.8, 4) is 17.0 Å². The molecular formula is C20H20F2N2O. The van der Waals surface area contributed by atoms with E-state index in [1.807, 2.05) is 24.3 Å². The van der Waals surface area contributed by atoms with Crippen LogP contribution in [0.25, 0.3) is 22.2 Å². The lowest BCUT2D eigenvalue weighted by Gasteiger charge is -2.27. The van der Waals surface area contributed by atoms with Crippen molar-refractivity contribution in [3.63, 3.8) is 0 Å². The van der Waals surface area contributed by atoms with Gasteiger partial charge in [-0.2, -0.15) is 0 Å². The predicted molar refractivity (Wildman–Crippen MR) is 95.4 cm³/mol. The molecule has 2 aromatic carbocycles. The van der Waals surface area contributed by atoms with Crippen molar-refractivity contribution in [2.75, 3.05) is 20.2 Å². The maximum Gasteiger partial charge on any atom is 0.125 e. The third-order valence-electron chi connectivity index (χ3n) is 4.93. The third kappa shape index (κ3) is 2.89. The first-order valence-corrected chi connectivity index (χ1v) is 8.47. The summed E-state index contributed by atoms with van der Waals surface area (Å²) in [5.41, 5.74) is 3.33. The average molecular weight is 342 g/mol. The van der Waals surface area contributed by atoms with Crippen LogP contribution in [0.2, 0.25) is 0 Å². The second kappa shape index (κ2) is 6.48. The molecular weight excluding hydrogens is 322 g/mol. The van der Waals surface area contributed by atoms with E-state index in [0.29, 0.717) is 25.0 Å². The molecule has 1 saturated heterocycles. The van der Waals surface area contributed by atoms with Crippen molar-refractivity contribution in [3.05, 3.63) is 53.8 Å². The highest BCUT2D eigenvalue weighted by Crippen LogP contribution is 2.40. The molecule has 0 unspecified atom stereocenters. The van der Waals surface area contributed by atoms with Crippen molar-refractivity contribution >= 4 is 10.9 Å². The smallest absolute Gasteiger partial charge is 0.125 e. The normalized spacial score (nSPS) is 20.8. The molecule has 0 amide bonds. The van der Waals surface area contributed by atoms with Crippen LogP contribution in [-0.4, -0.2) is 31.4 Å². The van der Waals surface area contributed by atoms with E-state index in [1.54, 1.807) is 13.2 Å². The zero-order chi connectivity index (χ0) is 17.4. The fraction of sp³-hybridized carbons (Fsp3) is 0.300. The van der Waals surface area contributed by atoms with E-state index in [0.717, 1.165) is 28.0 Å². The molecule has 0 saturated carbocycles. The van der Waals surface area contributed by atoms with Gasteiger partial charge in [-0.05, 0) is 48.9 Å². The highest BCUT2D eigenvalue weighted by atomic mass is 19.1. The van der Waals surface area contributed by atoms with Gasteiger partial charge in [0.2, 0.25) is 0 Å². The van der Waals surface area contributed by atoms with Crippen LogP contribution in [0.5, 0.6) is 5.75 Å². The van der Waals surface area contributed by atoms with Gasteiger partial charge in [0.05, 0.1) is 12.8 Å². The standard InChI is InChI=1S/C20H20F2N2O/c1-25-14-4-2-3-12(9-14)20-19(16-11-23-8-7-17(16)22)15-6-5-13(21)10-18(15)24-20/h2-6,9-10,16-17,23-24H,7-8,11H2,1H3/t16-,17-/m1/s1. The van der Waals surface area contributed by atoms with Crippen molar-refractivity contribution in [1.29, 1.82) is 0 Å². The van der Waals surface area contributed by atoms with Gasteiger partial charge in [-0.25, -0.2) is 8.78 Å². The largest absolute Gasteiger partial charge is 0.497 e. The highest BCUT2D eigenvalue weighted by molar-refractivity contribution is 5.91.